The standard InChI is InChI=1S/C13H15F3N2O5S/c14-13(15,16)24(20,21)23-10-3-11(7-19)22-12(4-10)8-5-17-18(6-8)9-1-2-9/h4-6,9,11-12,19H,1-3,7H2/t11-,12+/m0/s1. The van der Waals surface area contributed by atoms with Gasteiger partial charge in [0.1, 0.15) is 11.9 Å². The third-order valence-electron chi connectivity index (χ3n) is 3.68. The highest BCUT2D eigenvalue weighted by molar-refractivity contribution is 7.87. The summed E-state index contributed by atoms with van der Waals surface area (Å²) >= 11 is 0. The average Bonchev–Trinajstić information content (AvgIpc) is 3.22. The third-order valence-corrected chi connectivity index (χ3v) is 4.68. The summed E-state index contributed by atoms with van der Waals surface area (Å²) in [6.07, 6.45) is 4.34. The Balaban J connectivity index is 1.83. The highest BCUT2D eigenvalue weighted by Gasteiger charge is 2.49. The number of nitrogens with zero attached hydrogens (tertiary/aromatic N) is 2. The molecule has 0 aromatic carbocycles. The molecule has 1 saturated carbocycles. The van der Waals surface area contributed by atoms with E-state index >= 15 is 0 Å². The van der Waals surface area contributed by atoms with Crippen molar-refractivity contribution in [2.24, 2.45) is 0 Å². The molecule has 134 valence electrons. The second kappa shape index (κ2) is 6.05. The predicted octanol–water partition coefficient (Wildman–Crippen LogP) is 1.79. The van der Waals surface area contributed by atoms with E-state index in [9.17, 15) is 26.7 Å². The molecule has 2 atom stereocenters. The molecule has 0 saturated heterocycles. The number of rotatable bonds is 5. The summed E-state index contributed by atoms with van der Waals surface area (Å²) in [5.41, 5.74) is -4.97. The zero-order valence-corrected chi connectivity index (χ0v) is 13.1. The van der Waals surface area contributed by atoms with Crippen LogP contribution in [-0.4, -0.2) is 41.5 Å². The summed E-state index contributed by atoms with van der Waals surface area (Å²) in [5, 5.41) is 13.4. The second-order valence-electron chi connectivity index (χ2n) is 5.67. The molecule has 3 rings (SSSR count). The molecule has 7 nitrogen and oxygen atoms in total. The van der Waals surface area contributed by atoms with E-state index in [0.29, 0.717) is 11.6 Å². The Kier molecular flexibility index (Phi) is 4.34. The Hall–Kier alpha value is -1.59. The van der Waals surface area contributed by atoms with Gasteiger partial charge < -0.3 is 14.0 Å². The third kappa shape index (κ3) is 3.57. The Morgan fingerprint density at radius 3 is 2.71 bits per heavy atom. The summed E-state index contributed by atoms with van der Waals surface area (Å²) in [6, 6.07) is 0.307. The molecule has 2 aliphatic rings. The van der Waals surface area contributed by atoms with Crippen molar-refractivity contribution in [3.05, 3.63) is 29.8 Å². The first kappa shape index (κ1) is 17.2. The van der Waals surface area contributed by atoms with Gasteiger partial charge in [0.15, 0.2) is 0 Å². The molecule has 1 aliphatic carbocycles. The van der Waals surface area contributed by atoms with Gasteiger partial charge in [-0.15, -0.1) is 0 Å². The van der Waals surface area contributed by atoms with E-state index in [2.05, 4.69) is 9.28 Å². The highest BCUT2D eigenvalue weighted by Crippen LogP contribution is 2.37. The summed E-state index contributed by atoms with van der Waals surface area (Å²) in [5.74, 6) is -0.415. The van der Waals surface area contributed by atoms with Gasteiger partial charge in [-0.25, -0.2) is 0 Å². The SMILES string of the molecule is O=S(=O)(OC1=C[C@H](c2cnn(C3CC3)c2)O[C@H](CO)C1)C(F)(F)F. The van der Waals surface area contributed by atoms with Crippen molar-refractivity contribution in [3.8, 4) is 0 Å². The first-order valence-corrected chi connectivity index (χ1v) is 8.62. The van der Waals surface area contributed by atoms with E-state index in [1.54, 1.807) is 10.9 Å². The van der Waals surface area contributed by atoms with Crippen LogP contribution in [0.5, 0.6) is 0 Å². The number of aromatic nitrogens is 2. The molecule has 1 N–H and O–H groups in total. The molecule has 0 unspecified atom stereocenters. The normalized spacial score (nSPS) is 25.4. The van der Waals surface area contributed by atoms with Crippen LogP contribution in [-0.2, 0) is 19.0 Å². The van der Waals surface area contributed by atoms with Crippen LogP contribution >= 0.6 is 0 Å². The molecular weight excluding hydrogens is 353 g/mol. The Morgan fingerprint density at radius 2 is 2.12 bits per heavy atom. The number of alkyl halides is 3. The smallest absolute Gasteiger partial charge is 0.394 e. The fraction of sp³-hybridized carbons (Fsp3) is 0.615. The molecule has 1 aromatic rings. The van der Waals surface area contributed by atoms with Crippen LogP contribution in [0.4, 0.5) is 13.2 Å². The van der Waals surface area contributed by atoms with E-state index < -0.39 is 40.2 Å². The molecule has 24 heavy (non-hydrogen) atoms. The zero-order chi connectivity index (χ0) is 17.5. The summed E-state index contributed by atoms with van der Waals surface area (Å²) < 4.78 is 71.1. The summed E-state index contributed by atoms with van der Waals surface area (Å²) in [6.45, 7) is -0.486. The molecule has 11 heteroatoms. The minimum Gasteiger partial charge on any atom is -0.394 e. The van der Waals surface area contributed by atoms with Crippen LogP contribution in [0, 0.1) is 0 Å². The van der Waals surface area contributed by atoms with Gasteiger partial charge in [0, 0.05) is 18.2 Å². The van der Waals surface area contributed by atoms with E-state index in [4.69, 9.17) is 4.74 Å². The van der Waals surface area contributed by atoms with Crippen LogP contribution in [0.25, 0.3) is 0 Å². The fourth-order valence-corrected chi connectivity index (χ4v) is 2.83. The fourth-order valence-electron chi connectivity index (χ4n) is 2.33. The van der Waals surface area contributed by atoms with Gasteiger partial charge in [0.2, 0.25) is 0 Å². The molecule has 1 aliphatic heterocycles. The van der Waals surface area contributed by atoms with Crippen LogP contribution in [0.1, 0.15) is 37.0 Å². The molecule has 0 radical (unpaired) electrons. The Labute approximate surface area is 135 Å². The van der Waals surface area contributed by atoms with Gasteiger partial charge in [-0.05, 0) is 18.9 Å². The van der Waals surface area contributed by atoms with Crippen LogP contribution < -0.4 is 0 Å². The van der Waals surface area contributed by atoms with Crippen LogP contribution in [0.2, 0.25) is 0 Å². The molecule has 0 bridgehead atoms. The quantitative estimate of drug-likeness (QED) is 0.629. The summed E-state index contributed by atoms with van der Waals surface area (Å²) in [4.78, 5) is 0. The Bertz CT molecular complexity index is 739. The number of aliphatic hydroxyl groups is 1. The zero-order valence-electron chi connectivity index (χ0n) is 12.3. The van der Waals surface area contributed by atoms with E-state index in [-0.39, 0.29) is 6.42 Å². The van der Waals surface area contributed by atoms with Gasteiger partial charge in [-0.3, -0.25) is 4.68 Å². The van der Waals surface area contributed by atoms with Crippen molar-refractivity contribution in [3.63, 3.8) is 0 Å². The molecule has 0 amide bonds. The lowest BCUT2D eigenvalue weighted by Crippen LogP contribution is -2.30. The number of ether oxygens (including phenoxy) is 1. The molecule has 0 spiro atoms. The molecule has 1 fully saturated rings. The average molecular weight is 368 g/mol. The van der Waals surface area contributed by atoms with Gasteiger partial charge in [-0.2, -0.15) is 26.7 Å². The van der Waals surface area contributed by atoms with Gasteiger partial charge >= 0.3 is 15.6 Å². The second-order valence-corrected chi connectivity index (χ2v) is 7.20. The lowest BCUT2D eigenvalue weighted by atomic mass is 10.1. The van der Waals surface area contributed by atoms with E-state index in [1.807, 2.05) is 0 Å². The van der Waals surface area contributed by atoms with Crippen molar-refractivity contribution in [1.82, 2.24) is 9.78 Å². The lowest BCUT2D eigenvalue weighted by Gasteiger charge is -2.27. The summed E-state index contributed by atoms with van der Waals surface area (Å²) in [7, 11) is -5.76. The van der Waals surface area contributed by atoms with Crippen LogP contribution in [0.15, 0.2) is 24.2 Å². The number of hydrogen-bond donors (Lipinski definition) is 1. The van der Waals surface area contributed by atoms with Crippen LogP contribution in [0.3, 0.4) is 0 Å². The topological polar surface area (TPSA) is 90.7 Å². The molecule has 1 aromatic heterocycles. The van der Waals surface area contributed by atoms with Crippen molar-refractivity contribution in [2.45, 2.75) is 43.0 Å². The van der Waals surface area contributed by atoms with E-state index in [1.165, 1.54) is 6.20 Å². The molecule has 2 heterocycles. The van der Waals surface area contributed by atoms with Crippen molar-refractivity contribution < 1.29 is 35.6 Å². The van der Waals surface area contributed by atoms with Gasteiger partial charge in [0.25, 0.3) is 0 Å². The largest absolute Gasteiger partial charge is 0.534 e. The maximum atomic E-state index is 12.5. The highest BCUT2D eigenvalue weighted by atomic mass is 32.2. The van der Waals surface area contributed by atoms with Crippen molar-refractivity contribution >= 4 is 10.1 Å². The lowest BCUT2D eigenvalue weighted by molar-refractivity contribution is -0.0570. The maximum Gasteiger partial charge on any atom is 0.534 e. The number of aliphatic hydroxyl groups excluding tert-OH is 1. The van der Waals surface area contributed by atoms with Gasteiger partial charge in [0.05, 0.1) is 24.9 Å². The monoisotopic (exact) mass is 368 g/mol. The number of halogens is 3. The van der Waals surface area contributed by atoms with Crippen molar-refractivity contribution in [2.75, 3.05) is 6.61 Å². The molecular formula is C13H15F3N2O5S. The Morgan fingerprint density at radius 1 is 1.42 bits per heavy atom. The van der Waals surface area contributed by atoms with Gasteiger partial charge in [-0.1, -0.05) is 0 Å². The first-order valence-electron chi connectivity index (χ1n) is 7.21. The maximum absolute atomic E-state index is 12.5. The minimum atomic E-state index is -5.76. The van der Waals surface area contributed by atoms with Crippen molar-refractivity contribution in [1.29, 1.82) is 0 Å². The predicted molar refractivity (Wildman–Crippen MR) is 74.0 cm³/mol. The number of hydrogen-bond acceptors (Lipinski definition) is 6. The first-order chi connectivity index (χ1) is 11.2. The van der Waals surface area contributed by atoms with E-state index in [0.717, 1.165) is 18.9 Å². The minimum absolute atomic E-state index is 0.279.